The van der Waals surface area contributed by atoms with Crippen LogP contribution in [-0.2, 0) is 14.8 Å². The number of morpholine rings is 1. The first-order valence-corrected chi connectivity index (χ1v) is 9.19. The van der Waals surface area contributed by atoms with Gasteiger partial charge in [0.2, 0.25) is 10.0 Å². The fraction of sp³-hybridized carbons (Fsp3) is 0.294. The standard InChI is InChI=1S/C17H18FNO3S/c1-23(20,21)19-11-16(13-5-3-2-4-6-13)22-17(12-19)14-7-9-15(18)10-8-14/h2-10,16-17H,11-12H2,1H3/t16-,17-/m1/s1. The van der Waals surface area contributed by atoms with Crippen LogP contribution in [0.4, 0.5) is 4.39 Å². The Hall–Kier alpha value is -1.76. The van der Waals surface area contributed by atoms with Gasteiger partial charge >= 0.3 is 0 Å². The summed E-state index contributed by atoms with van der Waals surface area (Å²) in [6, 6.07) is 15.5. The van der Waals surface area contributed by atoms with E-state index in [4.69, 9.17) is 4.74 Å². The molecule has 0 saturated carbocycles. The van der Waals surface area contributed by atoms with Crippen LogP contribution in [0, 0.1) is 5.82 Å². The van der Waals surface area contributed by atoms with Gasteiger partial charge in [-0.3, -0.25) is 0 Å². The molecule has 3 rings (SSSR count). The molecule has 0 amide bonds. The van der Waals surface area contributed by atoms with Crippen LogP contribution in [0.2, 0.25) is 0 Å². The number of ether oxygens (including phenoxy) is 1. The molecule has 0 bridgehead atoms. The third-order valence-electron chi connectivity index (χ3n) is 3.95. The maximum atomic E-state index is 13.1. The minimum atomic E-state index is -3.34. The van der Waals surface area contributed by atoms with E-state index in [0.29, 0.717) is 0 Å². The second kappa shape index (κ2) is 6.39. The summed E-state index contributed by atoms with van der Waals surface area (Å²) < 4.78 is 44.6. The Morgan fingerprint density at radius 1 is 0.957 bits per heavy atom. The second-order valence-corrected chi connectivity index (χ2v) is 7.64. The van der Waals surface area contributed by atoms with Crippen molar-refractivity contribution in [3.05, 3.63) is 71.5 Å². The number of halogens is 1. The van der Waals surface area contributed by atoms with Gasteiger partial charge in [-0.2, -0.15) is 4.31 Å². The van der Waals surface area contributed by atoms with E-state index >= 15 is 0 Å². The van der Waals surface area contributed by atoms with E-state index in [0.717, 1.165) is 11.1 Å². The van der Waals surface area contributed by atoms with Crippen LogP contribution in [-0.4, -0.2) is 32.1 Å². The number of rotatable bonds is 3. The van der Waals surface area contributed by atoms with Crippen LogP contribution in [0.25, 0.3) is 0 Å². The van der Waals surface area contributed by atoms with E-state index in [1.807, 2.05) is 30.3 Å². The summed E-state index contributed by atoms with van der Waals surface area (Å²) in [5.74, 6) is -0.330. The lowest BCUT2D eigenvalue weighted by molar-refractivity contribution is -0.0670. The lowest BCUT2D eigenvalue weighted by Gasteiger charge is -2.37. The van der Waals surface area contributed by atoms with Crippen molar-refractivity contribution in [1.82, 2.24) is 4.31 Å². The molecule has 1 aliphatic heterocycles. The summed E-state index contributed by atoms with van der Waals surface area (Å²) in [5, 5.41) is 0. The Kier molecular flexibility index (Phi) is 4.48. The molecule has 0 aliphatic carbocycles. The number of sulfonamides is 1. The van der Waals surface area contributed by atoms with Gasteiger partial charge in [-0.05, 0) is 23.3 Å². The normalized spacial score (nSPS) is 22.9. The van der Waals surface area contributed by atoms with E-state index in [1.165, 1.54) is 22.7 Å². The smallest absolute Gasteiger partial charge is 0.211 e. The minimum absolute atomic E-state index is 0.230. The predicted molar refractivity (Wildman–Crippen MR) is 85.8 cm³/mol. The Morgan fingerprint density at radius 2 is 1.48 bits per heavy atom. The van der Waals surface area contributed by atoms with Gasteiger partial charge < -0.3 is 4.74 Å². The van der Waals surface area contributed by atoms with Crippen molar-refractivity contribution in [2.45, 2.75) is 12.2 Å². The minimum Gasteiger partial charge on any atom is -0.363 e. The summed E-state index contributed by atoms with van der Waals surface area (Å²) in [6.45, 7) is 0.508. The highest BCUT2D eigenvalue weighted by Crippen LogP contribution is 2.33. The van der Waals surface area contributed by atoms with E-state index in [-0.39, 0.29) is 25.0 Å². The van der Waals surface area contributed by atoms with Crippen molar-refractivity contribution in [2.24, 2.45) is 0 Å². The zero-order valence-electron chi connectivity index (χ0n) is 12.7. The van der Waals surface area contributed by atoms with Gasteiger partial charge in [0.05, 0.1) is 18.5 Å². The Bertz CT molecular complexity index is 762. The highest BCUT2D eigenvalue weighted by molar-refractivity contribution is 7.88. The lowest BCUT2D eigenvalue weighted by Crippen LogP contribution is -2.43. The van der Waals surface area contributed by atoms with Crippen molar-refractivity contribution < 1.29 is 17.5 Å². The van der Waals surface area contributed by atoms with Gasteiger partial charge in [-0.25, -0.2) is 12.8 Å². The average Bonchev–Trinajstić information content (AvgIpc) is 2.55. The van der Waals surface area contributed by atoms with Crippen molar-refractivity contribution in [3.63, 3.8) is 0 Å². The zero-order valence-corrected chi connectivity index (χ0v) is 13.5. The van der Waals surface area contributed by atoms with Gasteiger partial charge in [0.1, 0.15) is 5.82 Å². The first-order valence-electron chi connectivity index (χ1n) is 7.34. The molecule has 0 aromatic heterocycles. The summed E-state index contributed by atoms with van der Waals surface area (Å²) in [4.78, 5) is 0. The van der Waals surface area contributed by atoms with Crippen molar-refractivity contribution in [1.29, 1.82) is 0 Å². The molecule has 0 spiro atoms. The first kappa shape index (κ1) is 16.1. The van der Waals surface area contributed by atoms with Crippen molar-refractivity contribution in [2.75, 3.05) is 19.3 Å². The lowest BCUT2D eigenvalue weighted by atomic mass is 10.0. The fourth-order valence-electron chi connectivity index (χ4n) is 2.71. The molecule has 2 aromatic rings. The number of nitrogens with zero attached hydrogens (tertiary/aromatic N) is 1. The van der Waals surface area contributed by atoms with Gasteiger partial charge in [-0.1, -0.05) is 42.5 Å². The molecule has 0 N–H and O–H groups in total. The van der Waals surface area contributed by atoms with E-state index in [9.17, 15) is 12.8 Å². The Balaban J connectivity index is 1.92. The molecule has 1 fully saturated rings. The molecule has 4 nitrogen and oxygen atoms in total. The van der Waals surface area contributed by atoms with Crippen molar-refractivity contribution in [3.8, 4) is 0 Å². The Labute approximate surface area is 135 Å². The molecule has 0 unspecified atom stereocenters. The monoisotopic (exact) mass is 335 g/mol. The quantitative estimate of drug-likeness (QED) is 0.866. The molecule has 6 heteroatoms. The molecule has 1 aliphatic rings. The maximum absolute atomic E-state index is 13.1. The van der Waals surface area contributed by atoms with Crippen LogP contribution in [0.3, 0.4) is 0 Å². The zero-order chi connectivity index (χ0) is 16.4. The summed E-state index contributed by atoms with van der Waals surface area (Å²) >= 11 is 0. The molecule has 122 valence electrons. The maximum Gasteiger partial charge on any atom is 0.211 e. The van der Waals surface area contributed by atoms with Crippen LogP contribution >= 0.6 is 0 Å². The van der Waals surface area contributed by atoms with Crippen LogP contribution in [0.5, 0.6) is 0 Å². The SMILES string of the molecule is CS(=O)(=O)N1C[C@H](c2ccccc2)O[C@@H](c2ccc(F)cc2)C1. The number of hydrogen-bond donors (Lipinski definition) is 0. The topological polar surface area (TPSA) is 46.6 Å². The molecular formula is C17H18FNO3S. The summed E-state index contributed by atoms with van der Waals surface area (Å²) in [5.41, 5.74) is 1.69. The molecule has 1 heterocycles. The third-order valence-corrected chi connectivity index (χ3v) is 5.19. The van der Waals surface area contributed by atoms with Crippen molar-refractivity contribution >= 4 is 10.0 Å². The van der Waals surface area contributed by atoms with Gasteiger partial charge in [0, 0.05) is 13.1 Å². The molecule has 2 atom stereocenters. The van der Waals surface area contributed by atoms with Gasteiger partial charge in [0.25, 0.3) is 0 Å². The average molecular weight is 335 g/mol. The predicted octanol–water partition coefficient (Wildman–Crippen LogP) is 2.90. The molecule has 0 radical (unpaired) electrons. The summed E-state index contributed by atoms with van der Waals surface area (Å²) in [6.07, 6.45) is 0.418. The molecular weight excluding hydrogens is 317 g/mol. The second-order valence-electron chi connectivity index (χ2n) is 5.66. The highest BCUT2D eigenvalue weighted by Gasteiger charge is 2.34. The molecule has 1 saturated heterocycles. The number of benzene rings is 2. The highest BCUT2D eigenvalue weighted by atomic mass is 32.2. The van der Waals surface area contributed by atoms with Crippen LogP contribution in [0.15, 0.2) is 54.6 Å². The van der Waals surface area contributed by atoms with Gasteiger partial charge in [0.15, 0.2) is 0 Å². The van der Waals surface area contributed by atoms with Gasteiger partial charge in [-0.15, -0.1) is 0 Å². The summed E-state index contributed by atoms with van der Waals surface area (Å²) in [7, 11) is -3.34. The number of hydrogen-bond acceptors (Lipinski definition) is 3. The largest absolute Gasteiger partial charge is 0.363 e. The van der Waals surface area contributed by atoms with E-state index in [1.54, 1.807) is 12.1 Å². The molecule has 2 aromatic carbocycles. The van der Waals surface area contributed by atoms with E-state index in [2.05, 4.69) is 0 Å². The molecule has 23 heavy (non-hydrogen) atoms. The van der Waals surface area contributed by atoms with Crippen LogP contribution < -0.4 is 0 Å². The first-order chi connectivity index (χ1) is 10.9. The fourth-order valence-corrected chi connectivity index (χ4v) is 3.53. The van der Waals surface area contributed by atoms with E-state index < -0.39 is 16.1 Å². The van der Waals surface area contributed by atoms with Crippen LogP contribution in [0.1, 0.15) is 23.3 Å². The Morgan fingerprint density at radius 3 is 2.00 bits per heavy atom. The third kappa shape index (κ3) is 3.77.